The fraction of sp³-hybridized carbons (Fsp3) is 0.188. The summed E-state index contributed by atoms with van der Waals surface area (Å²) in [6.07, 6.45) is 2.29. The number of hydrogen-bond acceptors (Lipinski definition) is 2. The minimum absolute atomic E-state index is 0.415. The van der Waals surface area contributed by atoms with Crippen LogP contribution in [0.4, 0.5) is 0 Å². The third kappa shape index (κ3) is 3.28. The quantitative estimate of drug-likeness (QED) is 0.814. The van der Waals surface area contributed by atoms with Crippen LogP contribution >= 0.6 is 0 Å². The Balaban J connectivity index is 2.20. The predicted molar refractivity (Wildman–Crippen MR) is 73.4 cm³/mol. The van der Waals surface area contributed by atoms with Crippen molar-refractivity contribution in [2.75, 3.05) is 0 Å². The molecule has 92 valence electrons. The van der Waals surface area contributed by atoms with E-state index in [0.717, 1.165) is 18.3 Å². The van der Waals surface area contributed by atoms with Crippen LogP contribution < -0.4 is 5.73 Å². The number of carbonyl (C=O) groups is 1. The highest BCUT2D eigenvalue weighted by Gasteiger charge is 2.07. The molecule has 2 aromatic carbocycles. The monoisotopic (exact) mass is 239 g/mol. The maximum atomic E-state index is 10.7. The molecule has 0 aliphatic carbocycles. The molecule has 0 aromatic heterocycles. The highest BCUT2D eigenvalue weighted by molar-refractivity contribution is 5.58. The lowest BCUT2D eigenvalue weighted by atomic mass is 9.96. The molecule has 1 atom stereocenters. The molecule has 0 saturated carbocycles. The molecule has 2 aromatic rings. The van der Waals surface area contributed by atoms with Gasteiger partial charge in [0.1, 0.15) is 6.29 Å². The van der Waals surface area contributed by atoms with E-state index in [2.05, 4.69) is 18.2 Å². The summed E-state index contributed by atoms with van der Waals surface area (Å²) in [4.78, 5) is 10.7. The largest absolute Gasteiger partial charge is 0.321 e. The van der Waals surface area contributed by atoms with Gasteiger partial charge in [0.05, 0.1) is 6.04 Å². The summed E-state index contributed by atoms with van der Waals surface area (Å²) in [5.74, 6) is 0. The second-order valence-corrected chi connectivity index (χ2v) is 4.44. The van der Waals surface area contributed by atoms with Crippen molar-refractivity contribution < 1.29 is 4.79 Å². The van der Waals surface area contributed by atoms with Crippen molar-refractivity contribution in [2.45, 2.75) is 18.9 Å². The zero-order chi connectivity index (χ0) is 12.8. The Labute approximate surface area is 107 Å². The number of benzene rings is 2. The van der Waals surface area contributed by atoms with Gasteiger partial charge in [-0.15, -0.1) is 0 Å². The van der Waals surface area contributed by atoms with Crippen molar-refractivity contribution >= 4 is 6.29 Å². The molecule has 0 spiro atoms. The first-order chi connectivity index (χ1) is 8.79. The Morgan fingerprint density at radius 2 is 1.56 bits per heavy atom. The summed E-state index contributed by atoms with van der Waals surface area (Å²) in [7, 11) is 0. The van der Waals surface area contributed by atoms with E-state index < -0.39 is 6.04 Å². The lowest BCUT2D eigenvalue weighted by molar-refractivity contribution is -0.108. The highest BCUT2D eigenvalue weighted by atomic mass is 16.1. The van der Waals surface area contributed by atoms with Gasteiger partial charge >= 0.3 is 0 Å². The van der Waals surface area contributed by atoms with Crippen LogP contribution in [0.25, 0.3) is 0 Å². The normalized spacial score (nSPS) is 12.1. The molecule has 0 aliphatic heterocycles. The van der Waals surface area contributed by atoms with Crippen LogP contribution in [0.2, 0.25) is 0 Å². The molecule has 2 rings (SSSR count). The summed E-state index contributed by atoms with van der Waals surface area (Å²) in [5, 5.41) is 0. The van der Waals surface area contributed by atoms with Crippen molar-refractivity contribution in [3.63, 3.8) is 0 Å². The number of carbonyl (C=O) groups excluding carboxylic acids is 1. The van der Waals surface area contributed by atoms with E-state index in [1.54, 1.807) is 0 Å². The van der Waals surface area contributed by atoms with Gasteiger partial charge in [0.25, 0.3) is 0 Å². The molecular formula is C16H17NO. The molecule has 0 heterocycles. The Morgan fingerprint density at radius 3 is 2.22 bits per heavy atom. The molecule has 2 heteroatoms. The number of aldehydes is 1. The third-order valence-corrected chi connectivity index (χ3v) is 2.99. The van der Waals surface area contributed by atoms with E-state index in [0.29, 0.717) is 6.42 Å². The smallest absolute Gasteiger partial charge is 0.137 e. The molecule has 2 N–H and O–H groups in total. The summed E-state index contributed by atoms with van der Waals surface area (Å²) in [5.41, 5.74) is 9.36. The van der Waals surface area contributed by atoms with E-state index in [9.17, 15) is 4.79 Å². The number of hydrogen-bond donors (Lipinski definition) is 1. The zero-order valence-corrected chi connectivity index (χ0v) is 10.3. The average Bonchev–Trinajstić information content (AvgIpc) is 2.42. The third-order valence-electron chi connectivity index (χ3n) is 2.99. The SMILES string of the molecule is NC(C=O)Cc1ccccc1Cc1ccccc1. The van der Waals surface area contributed by atoms with Gasteiger partial charge in [0.2, 0.25) is 0 Å². The van der Waals surface area contributed by atoms with Crippen LogP contribution in [0, 0.1) is 0 Å². The Bertz CT molecular complexity index is 508. The molecule has 0 bridgehead atoms. The van der Waals surface area contributed by atoms with Crippen molar-refractivity contribution in [1.29, 1.82) is 0 Å². The van der Waals surface area contributed by atoms with Crippen molar-refractivity contribution in [1.82, 2.24) is 0 Å². The van der Waals surface area contributed by atoms with Gasteiger partial charge in [-0.2, -0.15) is 0 Å². The predicted octanol–water partition coefficient (Wildman–Crippen LogP) is 2.35. The highest BCUT2D eigenvalue weighted by Crippen LogP contribution is 2.15. The Kier molecular flexibility index (Phi) is 4.26. The van der Waals surface area contributed by atoms with Gasteiger partial charge in [-0.25, -0.2) is 0 Å². The van der Waals surface area contributed by atoms with E-state index in [1.165, 1.54) is 11.1 Å². The van der Waals surface area contributed by atoms with E-state index in [4.69, 9.17) is 5.73 Å². The van der Waals surface area contributed by atoms with Gasteiger partial charge in [0.15, 0.2) is 0 Å². The first-order valence-corrected chi connectivity index (χ1v) is 6.11. The van der Waals surface area contributed by atoms with Crippen LogP contribution in [0.5, 0.6) is 0 Å². The molecular weight excluding hydrogens is 222 g/mol. The molecule has 0 fully saturated rings. The lowest BCUT2D eigenvalue weighted by Crippen LogP contribution is -2.24. The minimum atomic E-state index is -0.415. The Hall–Kier alpha value is -1.93. The summed E-state index contributed by atoms with van der Waals surface area (Å²) in [6.45, 7) is 0. The van der Waals surface area contributed by atoms with Crippen LogP contribution in [0.15, 0.2) is 54.6 Å². The molecule has 0 aliphatic rings. The standard InChI is InChI=1S/C16H17NO/c17-16(12-18)11-15-9-5-4-8-14(15)10-13-6-2-1-3-7-13/h1-9,12,16H,10-11,17H2. The molecule has 2 nitrogen and oxygen atoms in total. The number of nitrogens with two attached hydrogens (primary N) is 1. The average molecular weight is 239 g/mol. The maximum absolute atomic E-state index is 10.7. The van der Waals surface area contributed by atoms with Crippen LogP contribution in [-0.4, -0.2) is 12.3 Å². The van der Waals surface area contributed by atoms with Crippen LogP contribution in [-0.2, 0) is 17.6 Å². The molecule has 0 saturated heterocycles. The maximum Gasteiger partial charge on any atom is 0.137 e. The van der Waals surface area contributed by atoms with Crippen LogP contribution in [0.1, 0.15) is 16.7 Å². The second kappa shape index (κ2) is 6.12. The number of rotatable bonds is 5. The van der Waals surface area contributed by atoms with Gasteiger partial charge in [-0.05, 0) is 29.5 Å². The van der Waals surface area contributed by atoms with Gasteiger partial charge in [-0.3, -0.25) is 0 Å². The van der Waals surface area contributed by atoms with Crippen molar-refractivity contribution in [2.24, 2.45) is 5.73 Å². The van der Waals surface area contributed by atoms with Crippen molar-refractivity contribution in [3.8, 4) is 0 Å². The van der Waals surface area contributed by atoms with E-state index in [1.807, 2.05) is 36.4 Å². The first-order valence-electron chi connectivity index (χ1n) is 6.11. The molecule has 0 radical (unpaired) electrons. The van der Waals surface area contributed by atoms with Crippen molar-refractivity contribution in [3.05, 3.63) is 71.3 Å². The van der Waals surface area contributed by atoms with E-state index in [-0.39, 0.29) is 0 Å². The van der Waals surface area contributed by atoms with Gasteiger partial charge < -0.3 is 10.5 Å². The first kappa shape index (κ1) is 12.5. The Morgan fingerprint density at radius 1 is 0.944 bits per heavy atom. The van der Waals surface area contributed by atoms with Gasteiger partial charge in [-0.1, -0.05) is 54.6 Å². The topological polar surface area (TPSA) is 43.1 Å². The molecule has 1 unspecified atom stereocenters. The molecule has 18 heavy (non-hydrogen) atoms. The second-order valence-electron chi connectivity index (χ2n) is 4.44. The summed E-state index contributed by atoms with van der Waals surface area (Å²) >= 11 is 0. The van der Waals surface area contributed by atoms with Crippen LogP contribution in [0.3, 0.4) is 0 Å². The lowest BCUT2D eigenvalue weighted by Gasteiger charge is -2.11. The minimum Gasteiger partial charge on any atom is -0.321 e. The van der Waals surface area contributed by atoms with E-state index >= 15 is 0 Å². The molecule has 0 amide bonds. The van der Waals surface area contributed by atoms with Gasteiger partial charge in [0, 0.05) is 0 Å². The fourth-order valence-corrected chi connectivity index (χ4v) is 2.05. The zero-order valence-electron chi connectivity index (χ0n) is 10.3. The summed E-state index contributed by atoms with van der Waals surface area (Å²) in [6, 6.07) is 18.0. The fourth-order valence-electron chi connectivity index (χ4n) is 2.05. The summed E-state index contributed by atoms with van der Waals surface area (Å²) < 4.78 is 0.